The molecular formula is C24H26N4O. The van der Waals surface area contributed by atoms with Crippen LogP contribution in [0.2, 0.25) is 0 Å². The van der Waals surface area contributed by atoms with Crippen LogP contribution in [-0.4, -0.2) is 6.10 Å². The molecule has 0 aliphatic heterocycles. The molecule has 0 aromatic heterocycles. The zero-order chi connectivity index (χ0) is 21.2. The summed E-state index contributed by atoms with van der Waals surface area (Å²) >= 11 is 0. The SMILES string of the molecule is CC[C@@H]1CC=C2C(C#N)=C(N)C(C#N)(C#N)[C@H](c3ccccc3OC(C)C)[C@H]2C1. The van der Waals surface area contributed by atoms with E-state index in [9.17, 15) is 15.8 Å². The van der Waals surface area contributed by atoms with Crippen LogP contribution in [0.5, 0.6) is 5.75 Å². The molecule has 5 heteroatoms. The predicted octanol–water partition coefficient (Wildman–Crippen LogP) is 4.70. The first-order valence-electron chi connectivity index (χ1n) is 10.1. The number of rotatable bonds is 4. The number of fused-ring (bicyclic) bond motifs is 1. The smallest absolute Gasteiger partial charge is 0.191 e. The second-order valence-electron chi connectivity index (χ2n) is 8.13. The van der Waals surface area contributed by atoms with Crippen molar-refractivity contribution in [2.24, 2.45) is 23.0 Å². The van der Waals surface area contributed by atoms with E-state index in [1.165, 1.54) is 0 Å². The van der Waals surface area contributed by atoms with E-state index in [0.717, 1.165) is 30.4 Å². The molecule has 1 aromatic rings. The second-order valence-corrected chi connectivity index (χ2v) is 8.13. The Hall–Kier alpha value is -3.23. The summed E-state index contributed by atoms with van der Waals surface area (Å²) in [6.07, 6.45) is 4.73. The number of para-hydroxylation sites is 1. The van der Waals surface area contributed by atoms with Crippen molar-refractivity contribution < 1.29 is 4.74 Å². The summed E-state index contributed by atoms with van der Waals surface area (Å²) in [5.74, 6) is 0.476. The molecule has 5 nitrogen and oxygen atoms in total. The molecule has 0 fully saturated rings. The molecule has 2 aliphatic rings. The van der Waals surface area contributed by atoms with Crippen molar-refractivity contribution in [3.63, 3.8) is 0 Å². The highest BCUT2D eigenvalue weighted by Crippen LogP contribution is 2.58. The summed E-state index contributed by atoms with van der Waals surface area (Å²) in [6, 6.07) is 14.2. The third-order valence-electron chi connectivity index (χ3n) is 6.17. The maximum Gasteiger partial charge on any atom is 0.191 e. The maximum absolute atomic E-state index is 10.2. The van der Waals surface area contributed by atoms with Gasteiger partial charge in [0.2, 0.25) is 0 Å². The highest BCUT2D eigenvalue weighted by atomic mass is 16.5. The quantitative estimate of drug-likeness (QED) is 0.807. The molecule has 1 aromatic carbocycles. The first kappa shape index (κ1) is 20.5. The first-order chi connectivity index (χ1) is 13.9. The van der Waals surface area contributed by atoms with Gasteiger partial charge in [-0.25, -0.2) is 0 Å². The summed E-state index contributed by atoms with van der Waals surface area (Å²) in [4.78, 5) is 0. The van der Waals surface area contributed by atoms with E-state index in [0.29, 0.717) is 17.2 Å². The number of nitrogens with zero attached hydrogens (tertiary/aromatic N) is 3. The fourth-order valence-corrected chi connectivity index (χ4v) is 4.74. The summed E-state index contributed by atoms with van der Waals surface area (Å²) < 4.78 is 6.04. The van der Waals surface area contributed by atoms with Gasteiger partial charge in [-0.15, -0.1) is 0 Å². The summed E-state index contributed by atoms with van der Waals surface area (Å²) in [5, 5.41) is 30.2. The molecule has 0 spiro atoms. The molecule has 3 atom stereocenters. The molecular weight excluding hydrogens is 360 g/mol. The second kappa shape index (κ2) is 8.02. The van der Waals surface area contributed by atoms with Crippen LogP contribution < -0.4 is 10.5 Å². The number of ether oxygens (including phenoxy) is 1. The van der Waals surface area contributed by atoms with Gasteiger partial charge in [-0.05, 0) is 50.2 Å². The van der Waals surface area contributed by atoms with Crippen LogP contribution in [0.1, 0.15) is 51.5 Å². The first-order valence-corrected chi connectivity index (χ1v) is 10.1. The van der Waals surface area contributed by atoms with E-state index in [2.05, 4.69) is 31.2 Å². The largest absolute Gasteiger partial charge is 0.491 e. The van der Waals surface area contributed by atoms with Gasteiger partial charge in [0.05, 0.1) is 29.5 Å². The summed E-state index contributed by atoms with van der Waals surface area (Å²) in [7, 11) is 0. The van der Waals surface area contributed by atoms with Crippen LogP contribution in [0.15, 0.2) is 47.2 Å². The van der Waals surface area contributed by atoms with Crippen molar-refractivity contribution in [1.29, 1.82) is 15.8 Å². The topological polar surface area (TPSA) is 107 Å². The van der Waals surface area contributed by atoms with Crippen LogP contribution in [-0.2, 0) is 0 Å². The van der Waals surface area contributed by atoms with Crippen molar-refractivity contribution >= 4 is 0 Å². The molecule has 0 bridgehead atoms. The van der Waals surface area contributed by atoms with Crippen LogP contribution >= 0.6 is 0 Å². The fourth-order valence-electron chi connectivity index (χ4n) is 4.74. The van der Waals surface area contributed by atoms with Gasteiger partial charge in [-0.3, -0.25) is 0 Å². The Kier molecular flexibility index (Phi) is 5.67. The van der Waals surface area contributed by atoms with E-state index < -0.39 is 11.3 Å². The lowest BCUT2D eigenvalue weighted by molar-refractivity contribution is 0.225. The zero-order valence-corrected chi connectivity index (χ0v) is 17.1. The number of nitrogens with two attached hydrogens (primary N) is 1. The van der Waals surface area contributed by atoms with Crippen LogP contribution in [0, 0.1) is 51.2 Å². The highest BCUT2D eigenvalue weighted by Gasteiger charge is 2.55. The van der Waals surface area contributed by atoms with E-state index in [1.54, 1.807) is 0 Å². The van der Waals surface area contributed by atoms with Gasteiger partial charge in [-0.2, -0.15) is 15.8 Å². The molecule has 29 heavy (non-hydrogen) atoms. The minimum atomic E-state index is -1.61. The monoisotopic (exact) mass is 386 g/mol. The molecule has 148 valence electrons. The highest BCUT2D eigenvalue weighted by molar-refractivity contribution is 5.60. The molecule has 0 unspecified atom stereocenters. The number of hydrogen-bond acceptors (Lipinski definition) is 5. The van der Waals surface area contributed by atoms with Crippen LogP contribution in [0.4, 0.5) is 0 Å². The Morgan fingerprint density at radius 2 is 1.90 bits per heavy atom. The van der Waals surface area contributed by atoms with Gasteiger partial charge in [-0.1, -0.05) is 37.6 Å². The number of allylic oxidation sites excluding steroid dienone is 4. The minimum absolute atomic E-state index is 0.0503. The van der Waals surface area contributed by atoms with Crippen molar-refractivity contribution in [1.82, 2.24) is 0 Å². The standard InChI is InChI=1S/C24H26N4O/c1-4-16-9-10-17-19(11-16)22(18-7-5-6-8-21(18)29-15(2)3)24(13-26,14-27)23(28)20(17)12-25/h5-8,10,15-16,19,22H,4,9,11,28H2,1-3H3/t16-,19+,22-/m1/s1. The van der Waals surface area contributed by atoms with E-state index in [4.69, 9.17) is 10.5 Å². The van der Waals surface area contributed by atoms with Gasteiger partial charge in [0.1, 0.15) is 11.8 Å². The Morgan fingerprint density at radius 1 is 1.21 bits per heavy atom. The average molecular weight is 386 g/mol. The molecule has 2 aliphatic carbocycles. The minimum Gasteiger partial charge on any atom is -0.491 e. The lowest BCUT2D eigenvalue weighted by Crippen LogP contribution is -2.43. The average Bonchev–Trinajstić information content (AvgIpc) is 2.73. The zero-order valence-electron chi connectivity index (χ0n) is 17.1. The molecule has 0 saturated carbocycles. The van der Waals surface area contributed by atoms with E-state index >= 15 is 0 Å². The normalized spacial score (nSPS) is 25.3. The van der Waals surface area contributed by atoms with E-state index in [1.807, 2.05) is 38.1 Å². The lowest BCUT2D eigenvalue weighted by Gasteiger charge is -2.45. The molecule has 3 rings (SSSR count). The van der Waals surface area contributed by atoms with Gasteiger partial charge in [0, 0.05) is 11.5 Å². The lowest BCUT2D eigenvalue weighted by atomic mass is 9.55. The van der Waals surface area contributed by atoms with Crippen molar-refractivity contribution in [3.8, 4) is 24.0 Å². The Balaban J connectivity index is 2.32. The Labute approximate surface area is 172 Å². The van der Waals surface area contributed by atoms with Crippen LogP contribution in [0.3, 0.4) is 0 Å². The molecule has 0 heterocycles. The maximum atomic E-state index is 10.2. The van der Waals surface area contributed by atoms with Crippen molar-refractivity contribution in [2.45, 2.75) is 52.1 Å². The molecule has 0 amide bonds. The number of hydrogen-bond donors (Lipinski definition) is 1. The molecule has 0 saturated heterocycles. The number of benzene rings is 1. The summed E-state index contributed by atoms with van der Waals surface area (Å²) in [5.41, 5.74) is 6.80. The van der Waals surface area contributed by atoms with Crippen LogP contribution in [0.25, 0.3) is 0 Å². The van der Waals surface area contributed by atoms with Crippen molar-refractivity contribution in [3.05, 3.63) is 52.7 Å². The fraction of sp³-hybridized carbons (Fsp3) is 0.458. The summed E-state index contributed by atoms with van der Waals surface area (Å²) in [6.45, 7) is 6.04. The Morgan fingerprint density at radius 3 is 2.48 bits per heavy atom. The third-order valence-corrected chi connectivity index (χ3v) is 6.17. The van der Waals surface area contributed by atoms with Gasteiger partial charge in [0.15, 0.2) is 5.41 Å². The third kappa shape index (κ3) is 3.26. The molecule has 2 N–H and O–H groups in total. The number of nitriles is 3. The molecule has 0 radical (unpaired) electrons. The predicted molar refractivity (Wildman–Crippen MR) is 110 cm³/mol. The van der Waals surface area contributed by atoms with Gasteiger partial charge in [0.25, 0.3) is 0 Å². The van der Waals surface area contributed by atoms with E-state index in [-0.39, 0.29) is 17.7 Å². The Bertz CT molecular complexity index is 969. The van der Waals surface area contributed by atoms with Gasteiger partial charge >= 0.3 is 0 Å². The van der Waals surface area contributed by atoms with Crippen molar-refractivity contribution in [2.75, 3.05) is 0 Å². The van der Waals surface area contributed by atoms with Gasteiger partial charge < -0.3 is 10.5 Å².